The van der Waals surface area contributed by atoms with Gasteiger partial charge >= 0.3 is 6.03 Å². The van der Waals surface area contributed by atoms with Crippen molar-refractivity contribution in [1.29, 1.82) is 0 Å². The minimum atomic E-state index is -0.912. The second-order valence-corrected chi connectivity index (χ2v) is 5.15. The number of benzene rings is 2. The van der Waals surface area contributed by atoms with Crippen LogP contribution >= 0.6 is 11.6 Å². The number of anilines is 1. The molecule has 0 aliphatic heterocycles. The zero-order valence-corrected chi connectivity index (χ0v) is 12.7. The van der Waals surface area contributed by atoms with Gasteiger partial charge in [-0.15, -0.1) is 0 Å². The number of urea groups is 1. The molecule has 2 rings (SSSR count). The number of nitrogens with one attached hydrogen (secondary N) is 2. The summed E-state index contributed by atoms with van der Waals surface area (Å²) < 4.78 is 0. The standard InChI is InChI=1S/C15H14ClN3O4/c16-11-4-1-3-10(7-11)14(20)9-17-15(21)18-12-5-2-6-13(8-12)19(22)23/h1-8,14,20H,9H2,(H2,17,18,21)/t14-/m0/s1. The molecule has 0 aromatic heterocycles. The highest BCUT2D eigenvalue weighted by molar-refractivity contribution is 6.30. The average molecular weight is 336 g/mol. The van der Waals surface area contributed by atoms with Crippen molar-refractivity contribution >= 4 is 29.0 Å². The number of amides is 2. The molecule has 0 aliphatic rings. The topological polar surface area (TPSA) is 104 Å². The molecule has 2 aromatic carbocycles. The number of aliphatic hydroxyl groups excluding tert-OH is 1. The fourth-order valence-corrected chi connectivity index (χ4v) is 2.09. The van der Waals surface area contributed by atoms with Gasteiger partial charge in [0.15, 0.2) is 0 Å². The predicted molar refractivity (Wildman–Crippen MR) is 86.5 cm³/mol. The Morgan fingerprint density at radius 3 is 2.70 bits per heavy atom. The molecule has 1 atom stereocenters. The zero-order chi connectivity index (χ0) is 16.8. The summed E-state index contributed by atoms with van der Waals surface area (Å²) in [6.45, 7) is -0.0267. The van der Waals surface area contributed by atoms with Crippen LogP contribution in [0.4, 0.5) is 16.2 Å². The van der Waals surface area contributed by atoms with Crippen LogP contribution in [0.2, 0.25) is 5.02 Å². The van der Waals surface area contributed by atoms with E-state index in [4.69, 9.17) is 11.6 Å². The van der Waals surface area contributed by atoms with E-state index in [9.17, 15) is 20.0 Å². The molecule has 0 bridgehead atoms. The Kier molecular flexibility index (Phi) is 5.51. The van der Waals surface area contributed by atoms with Crippen LogP contribution in [0.15, 0.2) is 48.5 Å². The van der Waals surface area contributed by atoms with Gasteiger partial charge in [0, 0.05) is 29.4 Å². The van der Waals surface area contributed by atoms with Crippen LogP contribution in [0.3, 0.4) is 0 Å². The summed E-state index contributed by atoms with van der Waals surface area (Å²) in [5.41, 5.74) is 0.740. The highest BCUT2D eigenvalue weighted by atomic mass is 35.5. The first-order chi connectivity index (χ1) is 11.0. The number of hydrogen-bond donors (Lipinski definition) is 3. The van der Waals surface area contributed by atoms with Gasteiger partial charge in [-0.25, -0.2) is 4.79 Å². The first-order valence-corrected chi connectivity index (χ1v) is 7.06. The predicted octanol–water partition coefficient (Wildman–Crippen LogP) is 3.10. The third kappa shape index (κ3) is 4.94. The van der Waals surface area contributed by atoms with Crippen molar-refractivity contribution in [1.82, 2.24) is 5.32 Å². The average Bonchev–Trinajstić information content (AvgIpc) is 2.53. The Hall–Kier alpha value is -2.64. The Bertz CT molecular complexity index is 723. The van der Waals surface area contributed by atoms with Crippen molar-refractivity contribution in [2.45, 2.75) is 6.10 Å². The third-order valence-corrected chi connectivity index (χ3v) is 3.24. The fourth-order valence-electron chi connectivity index (χ4n) is 1.89. The Morgan fingerprint density at radius 2 is 2.00 bits per heavy atom. The van der Waals surface area contributed by atoms with E-state index < -0.39 is 17.1 Å². The van der Waals surface area contributed by atoms with Crippen molar-refractivity contribution in [2.24, 2.45) is 0 Å². The van der Waals surface area contributed by atoms with Crippen LogP contribution < -0.4 is 10.6 Å². The smallest absolute Gasteiger partial charge is 0.319 e. The summed E-state index contributed by atoms with van der Waals surface area (Å²) in [5, 5.41) is 26.1. The molecule has 2 aromatic rings. The summed E-state index contributed by atoms with van der Waals surface area (Å²) in [6, 6.07) is 11.7. The van der Waals surface area contributed by atoms with E-state index in [-0.39, 0.29) is 17.9 Å². The molecule has 120 valence electrons. The normalized spacial score (nSPS) is 11.6. The Balaban J connectivity index is 1.90. The van der Waals surface area contributed by atoms with E-state index in [2.05, 4.69) is 10.6 Å². The summed E-state index contributed by atoms with van der Waals surface area (Å²) in [4.78, 5) is 21.9. The van der Waals surface area contributed by atoms with Crippen molar-refractivity contribution in [3.63, 3.8) is 0 Å². The second kappa shape index (κ2) is 7.57. The SMILES string of the molecule is O=C(NC[C@H](O)c1cccc(Cl)c1)Nc1cccc([N+](=O)[O-])c1. The molecule has 0 saturated carbocycles. The van der Waals surface area contributed by atoms with E-state index in [1.807, 2.05) is 0 Å². The van der Waals surface area contributed by atoms with Gasteiger partial charge in [0.05, 0.1) is 11.0 Å². The fraction of sp³-hybridized carbons (Fsp3) is 0.133. The van der Waals surface area contributed by atoms with Gasteiger partial charge in [0.1, 0.15) is 0 Å². The van der Waals surface area contributed by atoms with Crippen molar-refractivity contribution in [3.05, 3.63) is 69.2 Å². The van der Waals surface area contributed by atoms with Crippen LogP contribution in [-0.2, 0) is 0 Å². The number of carbonyl (C=O) groups is 1. The summed E-state index contributed by atoms with van der Waals surface area (Å²) >= 11 is 5.83. The number of hydrogen-bond acceptors (Lipinski definition) is 4. The Labute approximate surface area is 137 Å². The van der Waals surface area contributed by atoms with Gasteiger partial charge in [0.2, 0.25) is 0 Å². The quantitative estimate of drug-likeness (QED) is 0.576. The van der Waals surface area contributed by atoms with E-state index in [0.29, 0.717) is 10.6 Å². The van der Waals surface area contributed by atoms with Crippen LogP contribution in [0.5, 0.6) is 0 Å². The van der Waals surface area contributed by atoms with E-state index in [1.165, 1.54) is 24.3 Å². The van der Waals surface area contributed by atoms with Gasteiger partial charge in [-0.2, -0.15) is 0 Å². The van der Waals surface area contributed by atoms with Crippen molar-refractivity contribution in [2.75, 3.05) is 11.9 Å². The first kappa shape index (κ1) is 16.7. The van der Waals surface area contributed by atoms with Gasteiger partial charge in [-0.3, -0.25) is 10.1 Å². The summed E-state index contributed by atoms with van der Waals surface area (Å²) in [7, 11) is 0. The van der Waals surface area contributed by atoms with E-state index >= 15 is 0 Å². The van der Waals surface area contributed by atoms with Gasteiger partial charge < -0.3 is 15.7 Å². The maximum absolute atomic E-state index is 11.8. The van der Waals surface area contributed by atoms with Crippen molar-refractivity contribution < 1.29 is 14.8 Å². The lowest BCUT2D eigenvalue weighted by Gasteiger charge is -2.13. The number of rotatable bonds is 5. The molecule has 23 heavy (non-hydrogen) atoms. The lowest BCUT2D eigenvalue weighted by molar-refractivity contribution is -0.384. The van der Waals surface area contributed by atoms with Crippen molar-refractivity contribution in [3.8, 4) is 0 Å². The van der Waals surface area contributed by atoms with Crippen LogP contribution in [0.1, 0.15) is 11.7 Å². The molecule has 0 aliphatic carbocycles. The number of aliphatic hydroxyl groups is 1. The third-order valence-electron chi connectivity index (χ3n) is 3.00. The number of nitrogens with zero attached hydrogens (tertiary/aromatic N) is 1. The molecule has 0 saturated heterocycles. The second-order valence-electron chi connectivity index (χ2n) is 4.71. The number of carbonyl (C=O) groups excluding carboxylic acids is 1. The molecule has 2 amide bonds. The van der Waals surface area contributed by atoms with E-state index in [0.717, 1.165) is 0 Å². The molecule has 3 N–H and O–H groups in total. The molecule has 0 heterocycles. The largest absolute Gasteiger partial charge is 0.387 e. The number of nitro benzene ring substituents is 1. The zero-order valence-electron chi connectivity index (χ0n) is 11.9. The first-order valence-electron chi connectivity index (χ1n) is 6.68. The summed E-state index contributed by atoms with van der Waals surface area (Å²) in [6.07, 6.45) is -0.912. The van der Waals surface area contributed by atoms with Gasteiger partial charge in [-0.05, 0) is 23.8 Å². The maximum Gasteiger partial charge on any atom is 0.319 e. The van der Waals surface area contributed by atoms with Crippen LogP contribution in [-0.4, -0.2) is 22.6 Å². The number of nitro groups is 1. The van der Waals surface area contributed by atoms with Crippen LogP contribution in [0, 0.1) is 10.1 Å². The molecule has 0 spiro atoms. The molecule has 7 nitrogen and oxygen atoms in total. The number of halogens is 1. The van der Waals surface area contributed by atoms with E-state index in [1.54, 1.807) is 24.3 Å². The molecule has 8 heteroatoms. The number of non-ortho nitro benzene ring substituents is 1. The lowest BCUT2D eigenvalue weighted by Crippen LogP contribution is -2.32. The van der Waals surface area contributed by atoms with Gasteiger partial charge in [0.25, 0.3) is 5.69 Å². The highest BCUT2D eigenvalue weighted by Gasteiger charge is 2.11. The molecular formula is C15H14ClN3O4. The molecule has 0 radical (unpaired) electrons. The summed E-state index contributed by atoms with van der Waals surface area (Å²) in [5.74, 6) is 0. The van der Waals surface area contributed by atoms with Gasteiger partial charge in [-0.1, -0.05) is 29.8 Å². The highest BCUT2D eigenvalue weighted by Crippen LogP contribution is 2.18. The lowest BCUT2D eigenvalue weighted by atomic mass is 10.1. The van der Waals surface area contributed by atoms with Crippen LogP contribution in [0.25, 0.3) is 0 Å². The minimum absolute atomic E-state index is 0.0267. The molecule has 0 unspecified atom stereocenters. The molecular weight excluding hydrogens is 322 g/mol. The molecule has 0 fully saturated rings. The monoisotopic (exact) mass is 335 g/mol. The maximum atomic E-state index is 11.8. The minimum Gasteiger partial charge on any atom is -0.387 e. The Morgan fingerprint density at radius 1 is 1.26 bits per heavy atom.